The summed E-state index contributed by atoms with van der Waals surface area (Å²) in [5.74, 6) is 0.301. The maximum atomic E-state index is 12.3. The summed E-state index contributed by atoms with van der Waals surface area (Å²) < 4.78 is 0.712. The van der Waals surface area contributed by atoms with Crippen molar-refractivity contribution in [1.29, 1.82) is 0 Å². The van der Waals surface area contributed by atoms with Crippen LogP contribution in [-0.4, -0.2) is 33.8 Å². The number of rotatable bonds is 7. The molecule has 0 saturated heterocycles. The fourth-order valence-electron chi connectivity index (χ4n) is 3.30. The predicted molar refractivity (Wildman–Crippen MR) is 109 cm³/mol. The molecule has 2 aliphatic rings. The molecule has 1 saturated carbocycles. The van der Waals surface area contributed by atoms with Gasteiger partial charge in [-0.05, 0) is 55.4 Å². The van der Waals surface area contributed by atoms with E-state index in [1.807, 2.05) is 13.0 Å². The van der Waals surface area contributed by atoms with E-state index in [2.05, 4.69) is 27.6 Å². The van der Waals surface area contributed by atoms with Gasteiger partial charge in [-0.1, -0.05) is 36.1 Å². The third kappa shape index (κ3) is 4.32. The predicted octanol–water partition coefficient (Wildman–Crippen LogP) is 3.66. The van der Waals surface area contributed by atoms with Crippen LogP contribution >= 0.6 is 23.1 Å². The monoisotopic (exact) mass is 402 g/mol. The molecule has 27 heavy (non-hydrogen) atoms. The Morgan fingerprint density at radius 2 is 2.07 bits per heavy atom. The molecular weight excluding hydrogens is 380 g/mol. The van der Waals surface area contributed by atoms with Gasteiger partial charge in [0, 0.05) is 18.2 Å². The van der Waals surface area contributed by atoms with Gasteiger partial charge in [0.15, 0.2) is 4.34 Å². The number of carbonyl (C=O) groups is 2. The Morgan fingerprint density at radius 1 is 1.26 bits per heavy atom. The summed E-state index contributed by atoms with van der Waals surface area (Å²) in [6, 6.07) is 6.43. The van der Waals surface area contributed by atoms with Crippen LogP contribution in [0.3, 0.4) is 0 Å². The maximum Gasteiger partial charge on any atom is 0.234 e. The summed E-state index contributed by atoms with van der Waals surface area (Å²) in [6.45, 7) is 1.86. The first-order valence-corrected chi connectivity index (χ1v) is 11.1. The summed E-state index contributed by atoms with van der Waals surface area (Å²) in [7, 11) is 0. The van der Waals surface area contributed by atoms with Gasteiger partial charge in [-0.15, -0.1) is 10.2 Å². The van der Waals surface area contributed by atoms with Crippen LogP contribution in [0.4, 0.5) is 10.8 Å². The Labute approximate surface area is 166 Å². The van der Waals surface area contributed by atoms with Crippen LogP contribution in [0.1, 0.15) is 43.7 Å². The molecular formula is C19H22N4O2S2. The number of aromatic nitrogens is 2. The SMILES string of the molecule is CCC(=O)N(c1nnc(SCC(=O)Nc2ccc3c(c2)CCC3)s1)C1CC1. The third-order valence-electron chi connectivity index (χ3n) is 4.79. The van der Waals surface area contributed by atoms with Crippen molar-refractivity contribution in [1.82, 2.24) is 10.2 Å². The molecule has 2 amide bonds. The highest BCUT2D eigenvalue weighted by molar-refractivity contribution is 8.01. The smallest absolute Gasteiger partial charge is 0.234 e. The molecule has 1 aromatic carbocycles. The van der Waals surface area contributed by atoms with Crippen molar-refractivity contribution in [3.05, 3.63) is 29.3 Å². The summed E-state index contributed by atoms with van der Waals surface area (Å²) in [5.41, 5.74) is 3.59. The molecule has 0 bridgehead atoms. The highest BCUT2D eigenvalue weighted by Crippen LogP contribution is 2.36. The number of fused-ring (bicyclic) bond motifs is 1. The molecule has 1 heterocycles. The van der Waals surface area contributed by atoms with E-state index in [1.165, 1.54) is 40.6 Å². The van der Waals surface area contributed by atoms with Gasteiger partial charge >= 0.3 is 0 Å². The summed E-state index contributed by atoms with van der Waals surface area (Å²) in [5, 5.41) is 11.9. The van der Waals surface area contributed by atoms with E-state index >= 15 is 0 Å². The number of benzene rings is 1. The number of hydrogen-bond donors (Lipinski definition) is 1. The zero-order valence-corrected chi connectivity index (χ0v) is 16.9. The van der Waals surface area contributed by atoms with Crippen molar-refractivity contribution in [3.63, 3.8) is 0 Å². The van der Waals surface area contributed by atoms with Gasteiger partial charge in [-0.3, -0.25) is 14.5 Å². The lowest BCUT2D eigenvalue weighted by atomic mass is 10.1. The average Bonchev–Trinajstić information content (AvgIpc) is 3.19. The highest BCUT2D eigenvalue weighted by Gasteiger charge is 2.35. The number of carbonyl (C=O) groups excluding carboxylic acids is 2. The average molecular weight is 403 g/mol. The molecule has 0 radical (unpaired) electrons. The van der Waals surface area contributed by atoms with Crippen LogP contribution < -0.4 is 10.2 Å². The Balaban J connectivity index is 1.33. The second-order valence-electron chi connectivity index (χ2n) is 6.87. The standard InChI is InChI=1S/C19H22N4O2S2/c1-2-17(25)23(15-8-9-15)18-21-22-19(27-18)26-11-16(24)20-14-7-6-12-4-3-5-13(12)10-14/h6-7,10,15H,2-5,8-9,11H2,1H3,(H,20,24). The Bertz CT molecular complexity index is 863. The largest absolute Gasteiger partial charge is 0.325 e. The van der Waals surface area contributed by atoms with Gasteiger partial charge in [0.2, 0.25) is 16.9 Å². The van der Waals surface area contributed by atoms with Gasteiger partial charge in [-0.25, -0.2) is 0 Å². The van der Waals surface area contributed by atoms with E-state index in [4.69, 9.17) is 0 Å². The Kier molecular flexibility index (Phi) is 5.45. The van der Waals surface area contributed by atoms with Crippen LogP contribution in [0.15, 0.2) is 22.5 Å². The lowest BCUT2D eigenvalue weighted by molar-refractivity contribution is -0.118. The van der Waals surface area contributed by atoms with E-state index in [0.717, 1.165) is 31.4 Å². The maximum absolute atomic E-state index is 12.3. The number of hydrogen-bond acceptors (Lipinski definition) is 6. The number of anilines is 2. The summed E-state index contributed by atoms with van der Waals surface area (Å²) in [4.78, 5) is 26.2. The number of nitrogens with zero attached hydrogens (tertiary/aromatic N) is 3. The van der Waals surface area contributed by atoms with Crippen molar-refractivity contribution < 1.29 is 9.59 Å². The molecule has 0 aliphatic heterocycles. The van der Waals surface area contributed by atoms with Gasteiger partial charge in [-0.2, -0.15) is 0 Å². The van der Waals surface area contributed by atoms with E-state index in [1.54, 1.807) is 4.90 Å². The minimum atomic E-state index is -0.0571. The fourth-order valence-corrected chi connectivity index (χ4v) is 5.03. The molecule has 0 unspecified atom stereocenters. The van der Waals surface area contributed by atoms with Crippen molar-refractivity contribution in [3.8, 4) is 0 Å². The Morgan fingerprint density at radius 3 is 2.85 bits per heavy atom. The fraction of sp³-hybridized carbons (Fsp3) is 0.474. The van der Waals surface area contributed by atoms with E-state index in [9.17, 15) is 9.59 Å². The number of nitrogens with one attached hydrogen (secondary N) is 1. The van der Waals surface area contributed by atoms with Crippen LogP contribution in [0.25, 0.3) is 0 Å². The normalized spacial score (nSPS) is 15.4. The minimum absolute atomic E-state index is 0.0571. The molecule has 1 N–H and O–H groups in total. The van der Waals surface area contributed by atoms with Crippen molar-refractivity contribution >= 4 is 45.7 Å². The van der Waals surface area contributed by atoms with Gasteiger partial charge in [0.05, 0.1) is 5.75 Å². The van der Waals surface area contributed by atoms with Gasteiger partial charge in [0.1, 0.15) is 0 Å². The van der Waals surface area contributed by atoms with Gasteiger partial charge in [0.25, 0.3) is 0 Å². The van der Waals surface area contributed by atoms with Crippen molar-refractivity contribution in [2.75, 3.05) is 16.0 Å². The lowest BCUT2D eigenvalue weighted by Gasteiger charge is -2.17. The van der Waals surface area contributed by atoms with Crippen LogP contribution in [0, 0.1) is 0 Å². The highest BCUT2D eigenvalue weighted by atomic mass is 32.2. The molecule has 1 fully saturated rings. The topological polar surface area (TPSA) is 75.2 Å². The minimum Gasteiger partial charge on any atom is -0.325 e. The molecule has 1 aromatic heterocycles. The quantitative estimate of drug-likeness (QED) is 0.565. The zero-order valence-electron chi connectivity index (χ0n) is 15.2. The van der Waals surface area contributed by atoms with E-state index < -0.39 is 0 Å². The molecule has 8 heteroatoms. The van der Waals surface area contributed by atoms with Crippen molar-refractivity contribution in [2.24, 2.45) is 0 Å². The second-order valence-corrected chi connectivity index (χ2v) is 9.05. The third-order valence-corrected chi connectivity index (χ3v) is 6.85. The van der Waals surface area contributed by atoms with Crippen LogP contribution in [-0.2, 0) is 22.4 Å². The molecule has 142 valence electrons. The van der Waals surface area contributed by atoms with Crippen molar-refractivity contribution in [2.45, 2.75) is 55.8 Å². The lowest BCUT2D eigenvalue weighted by Crippen LogP contribution is -2.32. The molecule has 2 aromatic rings. The Hall–Kier alpha value is -1.93. The first-order chi connectivity index (χ1) is 13.1. The van der Waals surface area contributed by atoms with Gasteiger partial charge < -0.3 is 5.32 Å². The molecule has 0 atom stereocenters. The second kappa shape index (κ2) is 7.98. The first kappa shape index (κ1) is 18.4. The van der Waals surface area contributed by atoms with E-state index in [0.29, 0.717) is 15.9 Å². The molecule has 0 spiro atoms. The molecule has 4 rings (SSSR count). The van der Waals surface area contributed by atoms with Crippen LogP contribution in [0.2, 0.25) is 0 Å². The van der Waals surface area contributed by atoms with Crippen LogP contribution in [0.5, 0.6) is 0 Å². The van der Waals surface area contributed by atoms with E-state index in [-0.39, 0.29) is 23.6 Å². The number of thioether (sulfide) groups is 1. The zero-order chi connectivity index (χ0) is 18.8. The molecule has 2 aliphatic carbocycles. The summed E-state index contributed by atoms with van der Waals surface area (Å²) >= 11 is 2.74. The number of amides is 2. The molecule has 6 nitrogen and oxygen atoms in total. The number of aryl methyl sites for hydroxylation is 2. The first-order valence-electron chi connectivity index (χ1n) is 9.34. The summed E-state index contributed by atoms with van der Waals surface area (Å²) in [6.07, 6.45) is 5.93.